The van der Waals surface area contributed by atoms with Gasteiger partial charge in [-0.3, -0.25) is 9.48 Å². The van der Waals surface area contributed by atoms with Crippen molar-refractivity contribution in [2.75, 3.05) is 6.26 Å². The first kappa shape index (κ1) is 10.7. The summed E-state index contributed by atoms with van der Waals surface area (Å²) >= 11 is 0. The Balaban J connectivity index is 2.74. The highest BCUT2D eigenvalue weighted by molar-refractivity contribution is 7.90. The van der Waals surface area contributed by atoms with Gasteiger partial charge in [0.2, 0.25) is 5.91 Å². The molecule has 1 aromatic heterocycles. The minimum atomic E-state index is -3.22. The van der Waals surface area contributed by atoms with Gasteiger partial charge in [-0.05, 0) is 0 Å². The van der Waals surface area contributed by atoms with Crippen molar-refractivity contribution in [1.29, 1.82) is 0 Å². The van der Waals surface area contributed by atoms with Crippen LogP contribution in [-0.2, 0) is 21.2 Å². The zero-order valence-corrected chi connectivity index (χ0v) is 8.49. The lowest BCUT2D eigenvalue weighted by molar-refractivity contribution is -0.118. The Morgan fingerprint density at radius 2 is 2.29 bits per heavy atom. The molecule has 7 heteroatoms. The van der Waals surface area contributed by atoms with Gasteiger partial charge in [0.1, 0.15) is 4.90 Å². The molecule has 2 N–H and O–H groups in total. The lowest BCUT2D eigenvalue weighted by Gasteiger charge is -1.96. The second-order valence-electron chi connectivity index (χ2n) is 2.93. The number of nitrogens with zero attached hydrogens (tertiary/aromatic N) is 2. The minimum Gasteiger partial charge on any atom is -0.370 e. The number of primary amides is 1. The number of sulfone groups is 1. The molecule has 0 saturated carbocycles. The van der Waals surface area contributed by atoms with Gasteiger partial charge in [0.15, 0.2) is 9.84 Å². The predicted molar refractivity (Wildman–Crippen MR) is 49.1 cm³/mol. The van der Waals surface area contributed by atoms with E-state index >= 15 is 0 Å². The van der Waals surface area contributed by atoms with Crippen LogP contribution in [-0.4, -0.2) is 30.4 Å². The summed E-state index contributed by atoms with van der Waals surface area (Å²) in [7, 11) is -3.22. The van der Waals surface area contributed by atoms with E-state index < -0.39 is 15.7 Å². The molecule has 0 atom stereocenters. The first-order chi connectivity index (χ1) is 6.39. The third-order valence-electron chi connectivity index (χ3n) is 1.63. The van der Waals surface area contributed by atoms with Gasteiger partial charge in [0.25, 0.3) is 0 Å². The Bertz CT molecular complexity index is 435. The van der Waals surface area contributed by atoms with Crippen LogP contribution in [0.25, 0.3) is 0 Å². The summed E-state index contributed by atoms with van der Waals surface area (Å²) < 4.78 is 23.5. The van der Waals surface area contributed by atoms with Crippen LogP contribution in [0.15, 0.2) is 17.3 Å². The number of rotatable bonds is 4. The molecule has 0 unspecified atom stereocenters. The summed E-state index contributed by atoms with van der Waals surface area (Å²) in [5, 5.41) is 3.78. The number of aryl methyl sites for hydroxylation is 1. The number of aromatic nitrogens is 2. The Hall–Kier alpha value is -1.37. The molecule has 6 nitrogen and oxygen atoms in total. The summed E-state index contributed by atoms with van der Waals surface area (Å²) in [4.78, 5) is 10.6. The molecule has 1 rings (SSSR count). The average molecular weight is 217 g/mol. The van der Waals surface area contributed by atoms with Crippen LogP contribution in [0.2, 0.25) is 0 Å². The van der Waals surface area contributed by atoms with Crippen LogP contribution in [0.5, 0.6) is 0 Å². The number of carbonyl (C=O) groups excluding carboxylic acids is 1. The smallest absolute Gasteiger partial charge is 0.219 e. The predicted octanol–water partition coefficient (Wildman–Crippen LogP) is -0.838. The standard InChI is InChI=1S/C7H11N3O3S/c1-14(12,13)6-4-9-10(5-6)3-2-7(8)11/h4-5H,2-3H2,1H3,(H2,8,11). The van der Waals surface area contributed by atoms with Crippen LogP contribution < -0.4 is 5.73 Å². The summed E-state index contributed by atoms with van der Waals surface area (Å²) in [6, 6.07) is 0. The lowest BCUT2D eigenvalue weighted by Crippen LogP contribution is -2.14. The molecule has 14 heavy (non-hydrogen) atoms. The fourth-order valence-corrected chi connectivity index (χ4v) is 1.43. The Labute approximate surface area is 81.6 Å². The molecule has 0 aromatic carbocycles. The van der Waals surface area contributed by atoms with E-state index in [0.29, 0.717) is 6.54 Å². The summed E-state index contributed by atoms with van der Waals surface area (Å²) in [6.45, 7) is 0.296. The van der Waals surface area contributed by atoms with E-state index in [9.17, 15) is 13.2 Å². The molecule has 0 fully saturated rings. The zero-order valence-electron chi connectivity index (χ0n) is 7.67. The average Bonchev–Trinajstić information content (AvgIpc) is 2.47. The molecule has 1 heterocycles. The van der Waals surface area contributed by atoms with Crippen LogP contribution in [0, 0.1) is 0 Å². The van der Waals surface area contributed by atoms with Gasteiger partial charge in [-0.25, -0.2) is 8.42 Å². The van der Waals surface area contributed by atoms with Crippen LogP contribution in [0.4, 0.5) is 0 Å². The highest BCUT2D eigenvalue weighted by Crippen LogP contribution is 2.06. The molecule has 78 valence electrons. The molecular formula is C7H11N3O3S. The van der Waals surface area contributed by atoms with E-state index in [1.165, 1.54) is 17.1 Å². The van der Waals surface area contributed by atoms with Crippen molar-refractivity contribution in [2.45, 2.75) is 17.9 Å². The fraction of sp³-hybridized carbons (Fsp3) is 0.429. The third-order valence-corrected chi connectivity index (χ3v) is 2.69. The molecule has 0 aliphatic heterocycles. The number of nitrogens with two attached hydrogens (primary N) is 1. The minimum absolute atomic E-state index is 0.141. The molecule has 0 radical (unpaired) electrons. The van der Waals surface area contributed by atoms with Gasteiger partial charge < -0.3 is 5.73 Å². The molecule has 0 bridgehead atoms. The number of hydrogen-bond acceptors (Lipinski definition) is 4. The van der Waals surface area contributed by atoms with Gasteiger partial charge in [-0.2, -0.15) is 5.10 Å². The van der Waals surface area contributed by atoms with Crippen molar-refractivity contribution in [3.63, 3.8) is 0 Å². The van der Waals surface area contributed by atoms with Crippen molar-refractivity contribution in [1.82, 2.24) is 9.78 Å². The van der Waals surface area contributed by atoms with E-state index in [4.69, 9.17) is 5.73 Å². The summed E-state index contributed by atoms with van der Waals surface area (Å²) in [6.07, 6.45) is 3.86. The maximum atomic E-state index is 11.0. The SMILES string of the molecule is CS(=O)(=O)c1cnn(CCC(N)=O)c1. The monoisotopic (exact) mass is 217 g/mol. The van der Waals surface area contributed by atoms with Crippen LogP contribution in [0.1, 0.15) is 6.42 Å². The molecular weight excluding hydrogens is 206 g/mol. The topological polar surface area (TPSA) is 95.1 Å². The Kier molecular flexibility index (Phi) is 2.90. The Morgan fingerprint density at radius 1 is 1.64 bits per heavy atom. The number of amides is 1. The normalized spacial score (nSPS) is 11.5. The molecule has 0 aliphatic rings. The quantitative estimate of drug-likeness (QED) is 0.711. The van der Waals surface area contributed by atoms with Crippen molar-refractivity contribution < 1.29 is 13.2 Å². The van der Waals surface area contributed by atoms with Gasteiger partial charge in [-0.15, -0.1) is 0 Å². The summed E-state index contributed by atoms with van der Waals surface area (Å²) in [5.41, 5.74) is 4.93. The van der Waals surface area contributed by atoms with Gasteiger partial charge in [-0.1, -0.05) is 0 Å². The molecule has 0 saturated heterocycles. The maximum Gasteiger partial charge on any atom is 0.219 e. The maximum absolute atomic E-state index is 11.0. The number of hydrogen-bond donors (Lipinski definition) is 1. The highest BCUT2D eigenvalue weighted by atomic mass is 32.2. The third kappa shape index (κ3) is 2.84. The highest BCUT2D eigenvalue weighted by Gasteiger charge is 2.09. The van der Waals surface area contributed by atoms with Crippen molar-refractivity contribution in [3.8, 4) is 0 Å². The zero-order chi connectivity index (χ0) is 10.8. The van der Waals surface area contributed by atoms with Crippen molar-refractivity contribution in [2.24, 2.45) is 5.73 Å². The van der Waals surface area contributed by atoms with Gasteiger partial charge in [0, 0.05) is 25.4 Å². The van der Waals surface area contributed by atoms with E-state index in [1.54, 1.807) is 0 Å². The van der Waals surface area contributed by atoms with E-state index in [-0.39, 0.29) is 11.3 Å². The van der Waals surface area contributed by atoms with Gasteiger partial charge in [0.05, 0.1) is 6.20 Å². The van der Waals surface area contributed by atoms with Gasteiger partial charge >= 0.3 is 0 Å². The molecule has 1 aromatic rings. The lowest BCUT2D eigenvalue weighted by atomic mass is 10.4. The van der Waals surface area contributed by atoms with Crippen LogP contribution >= 0.6 is 0 Å². The van der Waals surface area contributed by atoms with Crippen LogP contribution in [0.3, 0.4) is 0 Å². The largest absolute Gasteiger partial charge is 0.370 e. The van der Waals surface area contributed by atoms with E-state index in [0.717, 1.165) is 6.26 Å². The van der Waals surface area contributed by atoms with Crippen molar-refractivity contribution in [3.05, 3.63) is 12.4 Å². The molecule has 0 aliphatic carbocycles. The molecule has 0 spiro atoms. The van der Waals surface area contributed by atoms with E-state index in [1.807, 2.05) is 0 Å². The summed E-state index contributed by atoms with van der Waals surface area (Å²) in [5.74, 6) is -0.443. The van der Waals surface area contributed by atoms with Crippen molar-refractivity contribution >= 4 is 15.7 Å². The van der Waals surface area contributed by atoms with E-state index in [2.05, 4.69) is 5.10 Å². The number of carbonyl (C=O) groups is 1. The molecule has 1 amide bonds. The first-order valence-electron chi connectivity index (χ1n) is 3.90. The second kappa shape index (κ2) is 3.79. The Morgan fingerprint density at radius 3 is 2.71 bits per heavy atom. The first-order valence-corrected chi connectivity index (χ1v) is 5.79. The fourth-order valence-electron chi connectivity index (χ4n) is 0.883. The second-order valence-corrected chi connectivity index (χ2v) is 4.94.